The van der Waals surface area contributed by atoms with Gasteiger partial charge in [-0.1, -0.05) is 23.7 Å². The fourth-order valence-corrected chi connectivity index (χ4v) is 1.91. The highest BCUT2D eigenvalue weighted by Crippen LogP contribution is 2.10. The van der Waals surface area contributed by atoms with Crippen molar-refractivity contribution >= 4 is 23.2 Å². The minimum Gasteiger partial charge on any atom is -0.354 e. The lowest BCUT2D eigenvalue weighted by Crippen LogP contribution is -2.22. The Hall–Kier alpha value is -2.07. The Morgan fingerprint density at radius 1 is 1.30 bits per heavy atom. The summed E-state index contributed by atoms with van der Waals surface area (Å²) in [6.45, 7) is 1.84. The Bertz CT molecular complexity index is 629. The van der Waals surface area contributed by atoms with Gasteiger partial charge in [-0.2, -0.15) is 5.10 Å². The standard InChI is InChI=1S/C15H16ClN3O/c1-11(12-5-7-13(16)8-6-12)17-18-15(20)10-14-4-3-9-19(14)2/h3-9H,10H2,1-2H3,(H,18,20)/b17-11+. The van der Waals surface area contributed by atoms with Crippen LogP contribution in [-0.2, 0) is 18.3 Å². The van der Waals surface area contributed by atoms with Gasteiger partial charge >= 0.3 is 0 Å². The fraction of sp³-hybridized carbons (Fsp3) is 0.200. The molecule has 104 valence electrons. The molecule has 0 saturated carbocycles. The quantitative estimate of drug-likeness (QED) is 0.683. The molecular formula is C15H16ClN3O. The molecule has 2 rings (SSSR count). The lowest BCUT2D eigenvalue weighted by molar-refractivity contribution is -0.120. The van der Waals surface area contributed by atoms with Gasteiger partial charge in [0.15, 0.2) is 0 Å². The van der Waals surface area contributed by atoms with E-state index in [9.17, 15) is 4.79 Å². The monoisotopic (exact) mass is 289 g/mol. The number of carbonyl (C=O) groups excluding carboxylic acids is 1. The van der Waals surface area contributed by atoms with Gasteiger partial charge in [-0.25, -0.2) is 5.43 Å². The van der Waals surface area contributed by atoms with Gasteiger partial charge in [-0.05, 0) is 36.8 Å². The molecule has 0 fully saturated rings. The number of hydrogen-bond acceptors (Lipinski definition) is 2. The van der Waals surface area contributed by atoms with Crippen LogP contribution in [0.5, 0.6) is 0 Å². The summed E-state index contributed by atoms with van der Waals surface area (Å²) < 4.78 is 1.91. The molecule has 0 bridgehead atoms. The first-order chi connectivity index (χ1) is 9.56. The lowest BCUT2D eigenvalue weighted by atomic mass is 10.1. The van der Waals surface area contributed by atoms with Crippen molar-refractivity contribution in [1.29, 1.82) is 0 Å². The van der Waals surface area contributed by atoms with Crippen LogP contribution in [0, 0.1) is 0 Å². The molecule has 0 atom stereocenters. The van der Waals surface area contributed by atoms with Gasteiger partial charge in [-0.15, -0.1) is 0 Å². The Kier molecular flexibility index (Phi) is 4.58. The van der Waals surface area contributed by atoms with Crippen molar-refractivity contribution in [1.82, 2.24) is 9.99 Å². The normalized spacial score (nSPS) is 11.4. The van der Waals surface area contributed by atoms with Crippen molar-refractivity contribution in [3.8, 4) is 0 Å². The van der Waals surface area contributed by atoms with Crippen molar-refractivity contribution in [2.45, 2.75) is 13.3 Å². The maximum absolute atomic E-state index is 11.8. The summed E-state index contributed by atoms with van der Waals surface area (Å²) in [5.74, 6) is -0.139. The van der Waals surface area contributed by atoms with E-state index in [0.29, 0.717) is 11.4 Å². The molecule has 0 aliphatic carbocycles. The van der Waals surface area contributed by atoms with Gasteiger partial charge < -0.3 is 4.57 Å². The Morgan fingerprint density at radius 2 is 2.00 bits per heavy atom. The molecule has 1 aromatic carbocycles. The predicted molar refractivity (Wildman–Crippen MR) is 80.9 cm³/mol. The number of hydrogen-bond donors (Lipinski definition) is 1. The zero-order chi connectivity index (χ0) is 14.5. The van der Waals surface area contributed by atoms with E-state index >= 15 is 0 Å². The van der Waals surface area contributed by atoms with Crippen LogP contribution >= 0.6 is 11.6 Å². The SMILES string of the molecule is C/C(=N\NC(=O)Cc1cccn1C)c1ccc(Cl)cc1. The van der Waals surface area contributed by atoms with Crippen LogP contribution in [0.15, 0.2) is 47.7 Å². The molecular weight excluding hydrogens is 274 g/mol. The minimum atomic E-state index is -0.139. The number of benzene rings is 1. The average molecular weight is 290 g/mol. The number of halogens is 1. The van der Waals surface area contributed by atoms with E-state index in [1.165, 1.54) is 0 Å². The number of rotatable bonds is 4. The van der Waals surface area contributed by atoms with Crippen LogP contribution < -0.4 is 5.43 Å². The second kappa shape index (κ2) is 6.39. The van der Waals surface area contributed by atoms with Crippen molar-refractivity contribution in [2.75, 3.05) is 0 Å². The summed E-state index contributed by atoms with van der Waals surface area (Å²) in [6.07, 6.45) is 2.21. The minimum absolute atomic E-state index is 0.139. The zero-order valence-electron chi connectivity index (χ0n) is 11.4. The van der Waals surface area contributed by atoms with E-state index in [-0.39, 0.29) is 5.91 Å². The topological polar surface area (TPSA) is 46.4 Å². The summed E-state index contributed by atoms with van der Waals surface area (Å²) >= 11 is 5.83. The highest BCUT2D eigenvalue weighted by molar-refractivity contribution is 6.30. The summed E-state index contributed by atoms with van der Waals surface area (Å²) in [5, 5.41) is 4.77. The number of aryl methyl sites for hydroxylation is 1. The first-order valence-corrected chi connectivity index (χ1v) is 6.63. The van der Waals surface area contributed by atoms with Crippen LogP contribution in [0.1, 0.15) is 18.2 Å². The highest BCUT2D eigenvalue weighted by atomic mass is 35.5. The number of carbonyl (C=O) groups is 1. The van der Waals surface area contributed by atoms with Gasteiger partial charge in [-0.3, -0.25) is 4.79 Å². The van der Waals surface area contributed by atoms with E-state index in [4.69, 9.17) is 11.6 Å². The third-order valence-electron chi connectivity index (χ3n) is 3.00. The van der Waals surface area contributed by atoms with E-state index < -0.39 is 0 Å². The first-order valence-electron chi connectivity index (χ1n) is 6.25. The molecule has 1 N–H and O–H groups in total. The third-order valence-corrected chi connectivity index (χ3v) is 3.26. The molecule has 0 spiro atoms. The second-order valence-corrected chi connectivity index (χ2v) is 4.96. The summed E-state index contributed by atoms with van der Waals surface area (Å²) in [4.78, 5) is 11.8. The average Bonchev–Trinajstić information content (AvgIpc) is 2.82. The lowest BCUT2D eigenvalue weighted by Gasteiger charge is -2.04. The fourth-order valence-electron chi connectivity index (χ4n) is 1.79. The van der Waals surface area contributed by atoms with Gasteiger partial charge in [0.2, 0.25) is 5.91 Å². The molecule has 1 aromatic heterocycles. The van der Waals surface area contributed by atoms with Crippen LogP contribution in [-0.4, -0.2) is 16.2 Å². The van der Waals surface area contributed by atoms with Crippen molar-refractivity contribution in [3.05, 3.63) is 58.9 Å². The van der Waals surface area contributed by atoms with Crippen molar-refractivity contribution in [3.63, 3.8) is 0 Å². The van der Waals surface area contributed by atoms with E-state index in [1.54, 1.807) is 12.1 Å². The second-order valence-electron chi connectivity index (χ2n) is 4.53. The molecule has 4 nitrogen and oxygen atoms in total. The third kappa shape index (κ3) is 3.71. The van der Waals surface area contributed by atoms with E-state index in [1.807, 2.05) is 49.0 Å². The first kappa shape index (κ1) is 14.3. The smallest absolute Gasteiger partial charge is 0.246 e. The van der Waals surface area contributed by atoms with Crippen LogP contribution in [0.4, 0.5) is 0 Å². The van der Waals surface area contributed by atoms with E-state index in [2.05, 4.69) is 10.5 Å². The number of amides is 1. The van der Waals surface area contributed by atoms with Crippen molar-refractivity contribution in [2.24, 2.45) is 12.1 Å². The summed E-state index contributed by atoms with van der Waals surface area (Å²) in [7, 11) is 1.91. The molecule has 1 heterocycles. The molecule has 2 aromatic rings. The maximum Gasteiger partial charge on any atom is 0.246 e. The molecule has 5 heteroatoms. The Morgan fingerprint density at radius 3 is 2.60 bits per heavy atom. The van der Waals surface area contributed by atoms with Crippen LogP contribution in [0.2, 0.25) is 5.02 Å². The summed E-state index contributed by atoms with van der Waals surface area (Å²) in [5.41, 5.74) is 5.17. The summed E-state index contributed by atoms with van der Waals surface area (Å²) in [6, 6.07) is 11.1. The van der Waals surface area contributed by atoms with Gasteiger partial charge in [0.1, 0.15) is 0 Å². The number of aromatic nitrogens is 1. The zero-order valence-corrected chi connectivity index (χ0v) is 12.2. The van der Waals surface area contributed by atoms with Gasteiger partial charge in [0.25, 0.3) is 0 Å². The molecule has 1 amide bonds. The Balaban J connectivity index is 1.96. The number of hydrazone groups is 1. The van der Waals surface area contributed by atoms with Crippen molar-refractivity contribution < 1.29 is 4.79 Å². The largest absolute Gasteiger partial charge is 0.354 e. The van der Waals surface area contributed by atoms with Crippen LogP contribution in [0.25, 0.3) is 0 Å². The Labute approximate surface area is 123 Å². The molecule has 0 aliphatic rings. The molecule has 0 aliphatic heterocycles. The predicted octanol–water partition coefficient (Wildman–Crippen LogP) is 2.76. The highest BCUT2D eigenvalue weighted by Gasteiger charge is 2.05. The molecule has 0 unspecified atom stereocenters. The molecule has 0 saturated heterocycles. The molecule has 0 radical (unpaired) electrons. The number of nitrogens with zero attached hydrogens (tertiary/aromatic N) is 2. The number of nitrogens with one attached hydrogen (secondary N) is 1. The molecule has 20 heavy (non-hydrogen) atoms. The van der Waals surface area contributed by atoms with Gasteiger partial charge in [0, 0.05) is 24.0 Å². The maximum atomic E-state index is 11.8. The van der Waals surface area contributed by atoms with E-state index in [0.717, 1.165) is 17.0 Å². The van der Waals surface area contributed by atoms with Gasteiger partial charge in [0.05, 0.1) is 12.1 Å². The van der Waals surface area contributed by atoms with Crippen LogP contribution in [0.3, 0.4) is 0 Å².